The predicted octanol–water partition coefficient (Wildman–Crippen LogP) is 0.930. The largest absolute Gasteiger partial charge is 0.357 e. The fraction of sp³-hybridized carbons (Fsp3) is 0.571. The third-order valence-electron chi connectivity index (χ3n) is 1.10. The Bertz CT molecular complexity index is 159. The van der Waals surface area contributed by atoms with Crippen LogP contribution in [0.3, 0.4) is 0 Å². The second kappa shape index (κ2) is 5.09. The van der Waals surface area contributed by atoms with E-state index in [2.05, 4.69) is 11.9 Å². The zero-order chi connectivity index (χ0) is 8.85. The fourth-order valence-electron chi connectivity index (χ4n) is 0.421. The minimum atomic E-state index is 0.565. The van der Waals surface area contributed by atoms with Gasteiger partial charge in [0.25, 0.3) is 0 Å². The topological polar surface area (TPSA) is 24.5 Å². The first kappa shape index (κ1) is 10.4. The van der Waals surface area contributed by atoms with E-state index in [9.17, 15) is 0 Å². The van der Waals surface area contributed by atoms with E-state index in [-0.39, 0.29) is 0 Å². The molecule has 0 aliphatic rings. The van der Waals surface area contributed by atoms with Gasteiger partial charge in [-0.2, -0.15) is 0 Å². The number of nitrogens with one attached hydrogen (secondary N) is 1. The first-order valence-electron chi connectivity index (χ1n) is 3.28. The molecule has 64 valence electrons. The SMILES string of the molecule is C=C(C)CNC(=S)N(C)OC. The first-order valence-corrected chi connectivity index (χ1v) is 3.68. The molecule has 1 N–H and O–H groups in total. The van der Waals surface area contributed by atoms with Gasteiger partial charge in [0.1, 0.15) is 0 Å². The summed E-state index contributed by atoms with van der Waals surface area (Å²) in [7, 11) is 3.31. The summed E-state index contributed by atoms with van der Waals surface area (Å²) in [5.74, 6) is 0. The Labute approximate surface area is 73.0 Å². The van der Waals surface area contributed by atoms with Crippen molar-refractivity contribution in [1.82, 2.24) is 10.4 Å². The summed E-state index contributed by atoms with van der Waals surface area (Å²) in [5.41, 5.74) is 1.04. The van der Waals surface area contributed by atoms with Crippen molar-refractivity contribution in [3.05, 3.63) is 12.2 Å². The molecule has 0 bridgehead atoms. The number of hydrogen-bond donors (Lipinski definition) is 1. The van der Waals surface area contributed by atoms with Gasteiger partial charge in [-0.3, -0.25) is 4.84 Å². The quantitative estimate of drug-likeness (QED) is 0.391. The van der Waals surface area contributed by atoms with Crippen LogP contribution in [-0.4, -0.2) is 30.9 Å². The lowest BCUT2D eigenvalue weighted by Gasteiger charge is -2.17. The Kier molecular flexibility index (Phi) is 4.81. The molecule has 0 aromatic carbocycles. The highest BCUT2D eigenvalue weighted by molar-refractivity contribution is 7.80. The summed E-state index contributed by atoms with van der Waals surface area (Å²) >= 11 is 4.94. The summed E-state index contributed by atoms with van der Waals surface area (Å²) in [6.07, 6.45) is 0. The molecule has 0 radical (unpaired) electrons. The maximum Gasteiger partial charge on any atom is 0.193 e. The van der Waals surface area contributed by atoms with Crippen LogP contribution in [0.4, 0.5) is 0 Å². The van der Waals surface area contributed by atoms with Gasteiger partial charge in [-0.05, 0) is 19.1 Å². The van der Waals surface area contributed by atoms with E-state index >= 15 is 0 Å². The van der Waals surface area contributed by atoms with Gasteiger partial charge in [-0.1, -0.05) is 12.2 Å². The lowest BCUT2D eigenvalue weighted by molar-refractivity contribution is -0.0421. The van der Waals surface area contributed by atoms with E-state index in [0.717, 1.165) is 5.57 Å². The summed E-state index contributed by atoms with van der Waals surface area (Å²) in [6, 6.07) is 0. The maximum absolute atomic E-state index is 4.94. The number of hydrogen-bond acceptors (Lipinski definition) is 2. The first-order chi connectivity index (χ1) is 5.07. The van der Waals surface area contributed by atoms with Crippen molar-refractivity contribution in [2.24, 2.45) is 0 Å². The molecule has 3 nitrogen and oxygen atoms in total. The summed E-state index contributed by atoms with van der Waals surface area (Å²) in [5, 5.41) is 5.02. The molecule has 0 amide bonds. The fourth-order valence-corrected chi connectivity index (χ4v) is 0.567. The van der Waals surface area contributed by atoms with Gasteiger partial charge in [0, 0.05) is 13.6 Å². The molecular weight excluding hydrogens is 160 g/mol. The minimum Gasteiger partial charge on any atom is -0.357 e. The standard InChI is InChI=1S/C7H14N2OS/c1-6(2)5-8-7(11)9(3)10-4/h1,5H2,2-4H3,(H,8,11). The van der Waals surface area contributed by atoms with Gasteiger partial charge in [0.15, 0.2) is 5.11 Å². The van der Waals surface area contributed by atoms with Gasteiger partial charge in [0.05, 0.1) is 7.11 Å². The third-order valence-corrected chi connectivity index (χ3v) is 1.50. The van der Waals surface area contributed by atoms with E-state index in [1.54, 1.807) is 14.2 Å². The zero-order valence-corrected chi connectivity index (χ0v) is 7.99. The highest BCUT2D eigenvalue weighted by Crippen LogP contribution is 1.86. The van der Waals surface area contributed by atoms with Gasteiger partial charge in [-0.15, -0.1) is 0 Å². The molecule has 4 heteroatoms. The smallest absolute Gasteiger partial charge is 0.193 e. The molecule has 0 aromatic heterocycles. The molecule has 0 saturated heterocycles. The van der Waals surface area contributed by atoms with Crippen molar-refractivity contribution in [3.8, 4) is 0 Å². The molecule has 0 aliphatic heterocycles. The van der Waals surface area contributed by atoms with Crippen molar-refractivity contribution in [3.63, 3.8) is 0 Å². The molecule has 0 aromatic rings. The average molecular weight is 174 g/mol. The van der Waals surface area contributed by atoms with Crippen molar-refractivity contribution < 1.29 is 4.84 Å². The molecule has 0 atom stereocenters. The lowest BCUT2D eigenvalue weighted by atomic mass is 10.3. The van der Waals surface area contributed by atoms with Crippen LogP contribution in [0.15, 0.2) is 12.2 Å². The predicted molar refractivity (Wildman–Crippen MR) is 50.2 cm³/mol. The Morgan fingerprint density at radius 3 is 2.64 bits per heavy atom. The van der Waals surface area contributed by atoms with E-state index in [1.807, 2.05) is 6.92 Å². The molecule has 0 spiro atoms. The number of nitrogens with zero attached hydrogens (tertiary/aromatic N) is 1. The number of thiocarbonyl (C=S) groups is 1. The molecule has 0 aliphatic carbocycles. The van der Waals surface area contributed by atoms with Crippen LogP contribution in [0.2, 0.25) is 0 Å². The van der Waals surface area contributed by atoms with Crippen LogP contribution >= 0.6 is 12.2 Å². The van der Waals surface area contributed by atoms with Gasteiger partial charge < -0.3 is 5.32 Å². The molecule has 0 fully saturated rings. The second-order valence-electron chi connectivity index (χ2n) is 2.30. The normalized spacial score (nSPS) is 9.00. The highest BCUT2D eigenvalue weighted by atomic mass is 32.1. The average Bonchev–Trinajstić information content (AvgIpc) is 1.98. The van der Waals surface area contributed by atoms with E-state index in [4.69, 9.17) is 17.1 Å². The van der Waals surface area contributed by atoms with Crippen molar-refractivity contribution in [2.45, 2.75) is 6.92 Å². The Morgan fingerprint density at radius 1 is 1.73 bits per heavy atom. The number of hydroxylamine groups is 2. The van der Waals surface area contributed by atoms with Crippen molar-refractivity contribution in [2.75, 3.05) is 20.7 Å². The van der Waals surface area contributed by atoms with Crippen molar-refractivity contribution in [1.29, 1.82) is 0 Å². The summed E-state index contributed by atoms with van der Waals surface area (Å²) < 4.78 is 0. The maximum atomic E-state index is 4.94. The summed E-state index contributed by atoms with van der Waals surface area (Å²) in [4.78, 5) is 4.84. The van der Waals surface area contributed by atoms with E-state index in [1.165, 1.54) is 5.06 Å². The molecule has 0 heterocycles. The van der Waals surface area contributed by atoms with E-state index in [0.29, 0.717) is 11.7 Å². The molecule has 0 rings (SSSR count). The number of rotatable bonds is 3. The van der Waals surface area contributed by atoms with Crippen LogP contribution in [0.1, 0.15) is 6.92 Å². The molecule has 0 saturated carbocycles. The van der Waals surface area contributed by atoms with Crippen LogP contribution in [-0.2, 0) is 4.84 Å². The van der Waals surface area contributed by atoms with Crippen LogP contribution in [0.25, 0.3) is 0 Å². The van der Waals surface area contributed by atoms with Gasteiger partial charge in [-0.25, -0.2) is 5.06 Å². The Morgan fingerprint density at radius 2 is 2.27 bits per heavy atom. The highest BCUT2D eigenvalue weighted by Gasteiger charge is 1.99. The second-order valence-corrected chi connectivity index (χ2v) is 2.68. The Balaban J connectivity index is 3.60. The van der Waals surface area contributed by atoms with Crippen LogP contribution in [0, 0.1) is 0 Å². The lowest BCUT2D eigenvalue weighted by Crippen LogP contribution is -2.36. The van der Waals surface area contributed by atoms with E-state index < -0.39 is 0 Å². The molecule has 0 unspecified atom stereocenters. The molecular formula is C7H14N2OS. The van der Waals surface area contributed by atoms with Crippen molar-refractivity contribution >= 4 is 17.3 Å². The summed E-state index contributed by atoms with van der Waals surface area (Å²) in [6.45, 7) is 6.35. The van der Waals surface area contributed by atoms with Crippen LogP contribution < -0.4 is 5.32 Å². The monoisotopic (exact) mass is 174 g/mol. The zero-order valence-electron chi connectivity index (χ0n) is 7.18. The van der Waals surface area contributed by atoms with Gasteiger partial charge in [0.2, 0.25) is 0 Å². The molecule has 11 heavy (non-hydrogen) atoms. The third kappa shape index (κ3) is 4.75. The van der Waals surface area contributed by atoms with Crippen LogP contribution in [0.5, 0.6) is 0 Å². The Hall–Kier alpha value is -0.610. The van der Waals surface area contributed by atoms with Gasteiger partial charge >= 0.3 is 0 Å². The minimum absolute atomic E-state index is 0.565.